The summed E-state index contributed by atoms with van der Waals surface area (Å²) in [6, 6.07) is 18.9. The van der Waals surface area contributed by atoms with E-state index in [0.717, 1.165) is 11.3 Å². The number of benzene rings is 2. The summed E-state index contributed by atoms with van der Waals surface area (Å²) in [7, 11) is 3.20. The molecule has 7 heteroatoms. The van der Waals surface area contributed by atoms with Gasteiger partial charge in [-0.25, -0.2) is 4.79 Å². The van der Waals surface area contributed by atoms with Crippen LogP contribution in [-0.4, -0.2) is 42.9 Å². The first kappa shape index (κ1) is 21.7. The van der Waals surface area contributed by atoms with E-state index in [9.17, 15) is 4.79 Å². The molecule has 0 saturated carbocycles. The Bertz CT molecular complexity index is 974. The van der Waals surface area contributed by atoms with E-state index in [0.29, 0.717) is 42.7 Å². The number of methoxy groups -OCH3 is 2. The third kappa shape index (κ3) is 5.78. The molecular formula is C23H26ClN3O3. The fourth-order valence-corrected chi connectivity index (χ4v) is 3.38. The standard InChI is InChI=1S/C23H26ClN3O3/c1-29-14-13-27(23(28)25-21-10-3-4-11-22(21)30-2)17-20-9-6-12-26(20)16-18-7-5-8-19(24)15-18/h3-12,15H,13-14,16-17H2,1-2H3,(H,25,28). The Morgan fingerprint density at radius 3 is 2.70 bits per heavy atom. The number of para-hydroxylation sites is 2. The summed E-state index contributed by atoms with van der Waals surface area (Å²) < 4.78 is 12.7. The van der Waals surface area contributed by atoms with Gasteiger partial charge in [0.15, 0.2) is 0 Å². The first-order chi connectivity index (χ1) is 14.6. The third-order valence-electron chi connectivity index (χ3n) is 4.72. The van der Waals surface area contributed by atoms with Gasteiger partial charge in [-0.1, -0.05) is 35.9 Å². The number of amides is 2. The van der Waals surface area contributed by atoms with E-state index < -0.39 is 0 Å². The fraction of sp³-hybridized carbons (Fsp3) is 0.261. The fourth-order valence-electron chi connectivity index (χ4n) is 3.17. The van der Waals surface area contributed by atoms with Gasteiger partial charge in [0, 0.05) is 37.1 Å². The van der Waals surface area contributed by atoms with E-state index in [1.807, 2.05) is 66.9 Å². The van der Waals surface area contributed by atoms with Crippen LogP contribution in [0.4, 0.5) is 10.5 Å². The van der Waals surface area contributed by atoms with Crippen molar-refractivity contribution >= 4 is 23.3 Å². The molecule has 2 aromatic carbocycles. The number of nitrogens with zero attached hydrogens (tertiary/aromatic N) is 2. The molecule has 0 saturated heterocycles. The largest absolute Gasteiger partial charge is 0.495 e. The molecule has 30 heavy (non-hydrogen) atoms. The minimum atomic E-state index is -0.216. The molecule has 0 radical (unpaired) electrons. The lowest BCUT2D eigenvalue weighted by Gasteiger charge is -2.24. The molecule has 6 nitrogen and oxygen atoms in total. The summed E-state index contributed by atoms with van der Waals surface area (Å²) in [5.41, 5.74) is 2.74. The Balaban J connectivity index is 1.75. The number of anilines is 1. The predicted molar refractivity (Wildman–Crippen MR) is 119 cm³/mol. The third-order valence-corrected chi connectivity index (χ3v) is 4.95. The number of carbonyl (C=O) groups is 1. The molecule has 1 heterocycles. The summed E-state index contributed by atoms with van der Waals surface area (Å²) in [4.78, 5) is 14.7. The average molecular weight is 428 g/mol. The Morgan fingerprint density at radius 1 is 1.10 bits per heavy atom. The molecule has 0 aliphatic heterocycles. The van der Waals surface area contributed by atoms with Crippen LogP contribution in [0.1, 0.15) is 11.3 Å². The monoisotopic (exact) mass is 427 g/mol. The number of halogens is 1. The second-order valence-electron chi connectivity index (χ2n) is 6.80. The summed E-state index contributed by atoms with van der Waals surface area (Å²) in [5.74, 6) is 0.613. The molecule has 158 valence electrons. The smallest absolute Gasteiger partial charge is 0.322 e. The lowest BCUT2D eigenvalue weighted by Crippen LogP contribution is -2.37. The van der Waals surface area contributed by atoms with E-state index in [-0.39, 0.29) is 6.03 Å². The van der Waals surface area contributed by atoms with Crippen molar-refractivity contribution in [1.29, 1.82) is 0 Å². The number of aromatic nitrogens is 1. The number of ether oxygens (including phenoxy) is 2. The average Bonchev–Trinajstić information content (AvgIpc) is 3.18. The van der Waals surface area contributed by atoms with Crippen molar-refractivity contribution in [1.82, 2.24) is 9.47 Å². The number of carbonyl (C=O) groups excluding carboxylic acids is 1. The van der Waals surface area contributed by atoms with Crippen LogP contribution in [0.5, 0.6) is 5.75 Å². The Morgan fingerprint density at radius 2 is 1.93 bits per heavy atom. The van der Waals surface area contributed by atoms with Crippen LogP contribution >= 0.6 is 11.6 Å². The first-order valence-electron chi connectivity index (χ1n) is 9.67. The zero-order chi connectivity index (χ0) is 21.3. The van der Waals surface area contributed by atoms with Gasteiger partial charge in [0.25, 0.3) is 0 Å². The quantitative estimate of drug-likeness (QED) is 0.529. The van der Waals surface area contributed by atoms with Crippen LogP contribution in [0, 0.1) is 0 Å². The second-order valence-corrected chi connectivity index (χ2v) is 7.24. The topological polar surface area (TPSA) is 55.7 Å². The van der Waals surface area contributed by atoms with Crippen LogP contribution in [0.2, 0.25) is 5.02 Å². The van der Waals surface area contributed by atoms with E-state index in [4.69, 9.17) is 21.1 Å². The first-order valence-corrected chi connectivity index (χ1v) is 10.0. The molecule has 1 N–H and O–H groups in total. The minimum absolute atomic E-state index is 0.216. The highest BCUT2D eigenvalue weighted by atomic mass is 35.5. The summed E-state index contributed by atoms with van der Waals surface area (Å²) in [6.45, 7) is 2.02. The maximum atomic E-state index is 13.0. The van der Waals surface area contributed by atoms with E-state index in [1.165, 1.54) is 0 Å². The number of hydrogen-bond acceptors (Lipinski definition) is 3. The molecule has 0 atom stereocenters. The van der Waals surface area contributed by atoms with Gasteiger partial charge >= 0.3 is 6.03 Å². The highest BCUT2D eigenvalue weighted by Gasteiger charge is 2.17. The molecule has 3 aromatic rings. The molecule has 2 amide bonds. The van der Waals surface area contributed by atoms with Crippen LogP contribution < -0.4 is 10.1 Å². The lowest BCUT2D eigenvalue weighted by atomic mass is 10.2. The van der Waals surface area contributed by atoms with Gasteiger partial charge in [0.1, 0.15) is 5.75 Å². The van der Waals surface area contributed by atoms with Gasteiger partial charge in [-0.3, -0.25) is 0 Å². The van der Waals surface area contributed by atoms with Gasteiger partial charge in [-0.15, -0.1) is 0 Å². The summed E-state index contributed by atoms with van der Waals surface area (Å²) in [6.07, 6.45) is 2.00. The highest BCUT2D eigenvalue weighted by molar-refractivity contribution is 6.30. The molecule has 0 spiro atoms. The van der Waals surface area contributed by atoms with Gasteiger partial charge in [-0.2, -0.15) is 0 Å². The molecule has 0 aliphatic rings. The van der Waals surface area contributed by atoms with Gasteiger partial charge in [0.2, 0.25) is 0 Å². The van der Waals surface area contributed by atoms with Crippen molar-refractivity contribution in [2.45, 2.75) is 13.1 Å². The second kappa shape index (κ2) is 10.7. The Kier molecular flexibility index (Phi) is 7.76. The summed E-state index contributed by atoms with van der Waals surface area (Å²) >= 11 is 6.12. The number of hydrogen-bond donors (Lipinski definition) is 1. The van der Waals surface area contributed by atoms with Crippen LogP contribution in [0.3, 0.4) is 0 Å². The lowest BCUT2D eigenvalue weighted by molar-refractivity contribution is 0.151. The molecular weight excluding hydrogens is 402 g/mol. The van der Waals surface area contributed by atoms with Crippen LogP contribution in [-0.2, 0) is 17.8 Å². The molecule has 0 bridgehead atoms. The zero-order valence-corrected chi connectivity index (χ0v) is 17.9. The SMILES string of the molecule is COCCN(Cc1cccn1Cc1cccc(Cl)c1)C(=O)Nc1ccccc1OC. The van der Waals surface area contributed by atoms with E-state index >= 15 is 0 Å². The van der Waals surface area contributed by atoms with Crippen molar-refractivity contribution in [3.8, 4) is 5.75 Å². The van der Waals surface area contributed by atoms with Crippen LogP contribution in [0.25, 0.3) is 0 Å². The van der Waals surface area contributed by atoms with E-state index in [1.54, 1.807) is 19.1 Å². The number of rotatable bonds is 9. The molecule has 0 fully saturated rings. The van der Waals surface area contributed by atoms with E-state index in [2.05, 4.69) is 9.88 Å². The van der Waals surface area contributed by atoms with Gasteiger partial charge < -0.3 is 24.3 Å². The van der Waals surface area contributed by atoms with Crippen molar-refractivity contribution in [3.05, 3.63) is 83.1 Å². The minimum Gasteiger partial charge on any atom is -0.495 e. The molecule has 1 aromatic heterocycles. The Hall–Kier alpha value is -2.96. The maximum absolute atomic E-state index is 13.0. The normalized spacial score (nSPS) is 10.6. The van der Waals surface area contributed by atoms with Crippen molar-refractivity contribution in [2.24, 2.45) is 0 Å². The number of nitrogens with one attached hydrogen (secondary N) is 1. The van der Waals surface area contributed by atoms with Crippen molar-refractivity contribution < 1.29 is 14.3 Å². The van der Waals surface area contributed by atoms with Crippen molar-refractivity contribution in [2.75, 3.05) is 32.7 Å². The maximum Gasteiger partial charge on any atom is 0.322 e. The predicted octanol–water partition coefficient (Wildman–Crippen LogP) is 4.88. The Labute approximate surface area is 182 Å². The van der Waals surface area contributed by atoms with Gasteiger partial charge in [-0.05, 0) is 42.0 Å². The number of urea groups is 1. The van der Waals surface area contributed by atoms with Crippen molar-refractivity contribution in [3.63, 3.8) is 0 Å². The molecule has 0 unspecified atom stereocenters. The summed E-state index contributed by atoms with van der Waals surface area (Å²) in [5, 5.41) is 3.65. The highest BCUT2D eigenvalue weighted by Crippen LogP contribution is 2.23. The zero-order valence-electron chi connectivity index (χ0n) is 17.2. The van der Waals surface area contributed by atoms with Crippen LogP contribution in [0.15, 0.2) is 66.9 Å². The molecule has 0 aliphatic carbocycles. The molecule has 3 rings (SSSR count). The van der Waals surface area contributed by atoms with Gasteiger partial charge in [0.05, 0.1) is 25.9 Å².